The summed E-state index contributed by atoms with van der Waals surface area (Å²) in [5.74, 6) is 0. The predicted octanol–water partition coefficient (Wildman–Crippen LogP) is 13.9. The molecule has 3 aliphatic heterocycles. The average molecular weight is 779 g/mol. The first-order valence-corrected chi connectivity index (χ1v) is 22.3. The molecule has 2 atom stereocenters. The van der Waals surface area contributed by atoms with Crippen LogP contribution in [-0.4, -0.2) is 12.4 Å². The molecular weight excluding hydrogens is 723 g/mol. The van der Waals surface area contributed by atoms with Crippen LogP contribution in [0.1, 0.15) is 88.1 Å². The molecule has 4 aliphatic rings. The second-order valence-corrected chi connectivity index (χ2v) is 19.9. The molecule has 60 heavy (non-hydrogen) atoms. The molecule has 11 rings (SSSR count). The Kier molecular flexibility index (Phi) is 8.13. The number of anilines is 4. The van der Waals surface area contributed by atoms with Gasteiger partial charge in [-0.3, -0.25) is 0 Å². The summed E-state index contributed by atoms with van der Waals surface area (Å²) < 4.78 is 0. The zero-order valence-electron chi connectivity index (χ0n) is 36.6. The number of hydrogen-bond acceptors (Lipinski definition) is 2. The van der Waals surface area contributed by atoms with Gasteiger partial charge in [0.15, 0.2) is 0 Å². The molecule has 1 saturated carbocycles. The molecule has 1 aliphatic carbocycles. The van der Waals surface area contributed by atoms with Crippen LogP contribution in [0.2, 0.25) is 0 Å². The predicted molar refractivity (Wildman–Crippen MR) is 258 cm³/mol. The van der Waals surface area contributed by atoms with Crippen LogP contribution in [0.3, 0.4) is 0 Å². The number of fused-ring (bicyclic) bond motifs is 7. The summed E-state index contributed by atoms with van der Waals surface area (Å²) in [6, 6.07) is 53.6. The van der Waals surface area contributed by atoms with Crippen LogP contribution < -0.4 is 20.6 Å². The van der Waals surface area contributed by atoms with E-state index in [-0.39, 0.29) is 23.2 Å². The fraction of sp³-hybridized carbons (Fsp3) is 0.263. The van der Waals surface area contributed by atoms with E-state index in [0.717, 1.165) is 0 Å². The first-order valence-electron chi connectivity index (χ1n) is 22.3. The van der Waals surface area contributed by atoms with Gasteiger partial charge in [-0.05, 0) is 148 Å². The highest BCUT2D eigenvalue weighted by atomic mass is 15.3. The van der Waals surface area contributed by atoms with Crippen LogP contribution in [0.25, 0.3) is 44.5 Å². The first-order chi connectivity index (χ1) is 28.9. The summed E-state index contributed by atoms with van der Waals surface area (Å²) in [6.07, 6.45) is 4.90. The van der Waals surface area contributed by atoms with E-state index in [1.807, 2.05) is 0 Å². The maximum atomic E-state index is 2.89. The monoisotopic (exact) mass is 778 g/mol. The van der Waals surface area contributed by atoms with E-state index in [0.29, 0.717) is 0 Å². The molecule has 2 unspecified atom stereocenters. The molecule has 7 aromatic rings. The van der Waals surface area contributed by atoms with Crippen molar-refractivity contribution in [3.8, 4) is 44.5 Å². The number of aryl methyl sites for hydroxylation is 3. The van der Waals surface area contributed by atoms with Gasteiger partial charge < -0.3 is 9.71 Å². The first kappa shape index (κ1) is 37.2. The number of rotatable bonds is 4. The molecule has 0 bridgehead atoms. The van der Waals surface area contributed by atoms with Gasteiger partial charge in [-0.25, -0.2) is 0 Å². The minimum Gasteiger partial charge on any atom is -0.376 e. The van der Waals surface area contributed by atoms with Crippen LogP contribution >= 0.6 is 0 Å². The topological polar surface area (TPSA) is 6.48 Å². The van der Waals surface area contributed by atoms with Crippen LogP contribution in [0.5, 0.6) is 0 Å². The van der Waals surface area contributed by atoms with Crippen LogP contribution in [-0.2, 0) is 10.8 Å². The van der Waals surface area contributed by atoms with Crippen molar-refractivity contribution in [1.29, 1.82) is 0 Å². The normalized spacial score (nSPS) is 19.8. The summed E-state index contributed by atoms with van der Waals surface area (Å²) in [4.78, 5) is 5.61. The fourth-order valence-electron chi connectivity index (χ4n) is 12.1. The van der Waals surface area contributed by atoms with E-state index in [2.05, 4.69) is 205 Å². The van der Waals surface area contributed by atoms with E-state index in [1.54, 1.807) is 5.56 Å². The third-order valence-corrected chi connectivity index (χ3v) is 15.2. The SMILES string of the molecule is Cc1cc(C)c(-c2cc3c4c(c2)N2c5c(cc(C(C)(C)C)cc5C5(C)CCCCC25C)B4N(c2ccc(-c4ccccc4)cc2)c2cc(-c4ccccc4)ccc2-3)c(C)c1. The van der Waals surface area contributed by atoms with E-state index in [4.69, 9.17) is 0 Å². The molecule has 0 radical (unpaired) electrons. The fourth-order valence-corrected chi connectivity index (χ4v) is 12.1. The van der Waals surface area contributed by atoms with Crippen LogP contribution in [0, 0.1) is 20.8 Å². The summed E-state index contributed by atoms with van der Waals surface area (Å²) in [5.41, 5.74) is 25.4. The lowest BCUT2D eigenvalue weighted by atomic mass is 9.43. The lowest BCUT2D eigenvalue weighted by molar-refractivity contribution is 0.195. The van der Waals surface area contributed by atoms with Gasteiger partial charge in [-0.1, -0.05) is 155 Å². The number of benzene rings is 7. The summed E-state index contributed by atoms with van der Waals surface area (Å²) in [6.45, 7) is 19.2. The van der Waals surface area contributed by atoms with Crippen LogP contribution in [0.15, 0.2) is 140 Å². The summed E-state index contributed by atoms with van der Waals surface area (Å²) in [5, 5.41) is 0. The van der Waals surface area contributed by atoms with Crippen molar-refractivity contribution in [2.75, 3.05) is 9.71 Å². The van der Waals surface area contributed by atoms with Crippen molar-refractivity contribution >= 4 is 40.5 Å². The Balaban J connectivity index is 1.27. The molecule has 0 amide bonds. The van der Waals surface area contributed by atoms with Gasteiger partial charge in [0.05, 0.1) is 5.54 Å². The lowest BCUT2D eigenvalue weighted by Gasteiger charge is -2.53. The van der Waals surface area contributed by atoms with Crippen molar-refractivity contribution in [2.45, 2.75) is 97.4 Å². The van der Waals surface area contributed by atoms with Crippen molar-refractivity contribution < 1.29 is 0 Å². The quantitative estimate of drug-likeness (QED) is 0.164. The Hall–Kier alpha value is -5.80. The Bertz CT molecular complexity index is 2850. The molecule has 0 N–H and O–H groups in total. The smallest absolute Gasteiger partial charge is 0.333 e. The Morgan fingerprint density at radius 2 is 1.17 bits per heavy atom. The van der Waals surface area contributed by atoms with Crippen molar-refractivity contribution in [3.05, 3.63) is 167 Å². The maximum absolute atomic E-state index is 2.89. The van der Waals surface area contributed by atoms with Crippen molar-refractivity contribution in [1.82, 2.24) is 0 Å². The number of hydrogen-bond donors (Lipinski definition) is 0. The lowest BCUT2D eigenvalue weighted by Crippen LogP contribution is -2.64. The van der Waals surface area contributed by atoms with Crippen molar-refractivity contribution in [2.24, 2.45) is 0 Å². The summed E-state index contributed by atoms with van der Waals surface area (Å²) >= 11 is 0. The summed E-state index contributed by atoms with van der Waals surface area (Å²) in [7, 11) is 0. The third kappa shape index (κ3) is 5.27. The van der Waals surface area contributed by atoms with Gasteiger partial charge in [0, 0.05) is 33.7 Å². The maximum Gasteiger partial charge on any atom is 0.333 e. The third-order valence-electron chi connectivity index (χ3n) is 15.2. The molecule has 3 heterocycles. The van der Waals surface area contributed by atoms with Crippen molar-refractivity contribution in [3.63, 3.8) is 0 Å². The minimum atomic E-state index is -0.0623. The Morgan fingerprint density at radius 1 is 0.567 bits per heavy atom. The molecule has 3 heteroatoms. The van der Waals surface area contributed by atoms with Gasteiger partial charge in [0.1, 0.15) is 0 Å². The molecule has 0 saturated heterocycles. The molecule has 1 fully saturated rings. The Morgan fingerprint density at radius 3 is 1.83 bits per heavy atom. The van der Waals surface area contributed by atoms with Gasteiger partial charge >= 0.3 is 6.85 Å². The van der Waals surface area contributed by atoms with Gasteiger partial charge in [0.25, 0.3) is 0 Å². The molecular formula is C57H55BN2. The van der Waals surface area contributed by atoms with Crippen LogP contribution in [0.4, 0.5) is 22.7 Å². The zero-order chi connectivity index (χ0) is 41.3. The molecule has 296 valence electrons. The highest BCUT2D eigenvalue weighted by Crippen LogP contribution is 2.63. The molecule has 0 aromatic heterocycles. The van der Waals surface area contributed by atoms with E-state index in [9.17, 15) is 0 Å². The standard InChI is InChI=1S/C57H55BN2/c1-36-29-37(2)52(38(3)30-36)43-31-47-46-26-23-42(40-19-13-10-14-20-40)32-50(46)60(45-24-21-41(22-25-45)39-17-11-9-12-18-39)58-49-35-44(55(4,5)6)34-48-54(49)59(51(33-43)53(47)58)57(8)28-16-15-27-56(48,57)7/h9-14,17-26,29-35H,15-16,27-28H2,1-8H3. The van der Waals surface area contributed by atoms with Gasteiger partial charge in [0.2, 0.25) is 0 Å². The van der Waals surface area contributed by atoms with E-state index < -0.39 is 0 Å². The number of nitrogens with zero attached hydrogens (tertiary/aromatic N) is 2. The van der Waals surface area contributed by atoms with E-state index in [1.165, 1.54) is 126 Å². The largest absolute Gasteiger partial charge is 0.376 e. The Labute approximate surface area is 358 Å². The highest BCUT2D eigenvalue weighted by Gasteiger charge is 2.62. The molecule has 7 aromatic carbocycles. The van der Waals surface area contributed by atoms with E-state index >= 15 is 0 Å². The molecule has 2 nitrogen and oxygen atoms in total. The highest BCUT2D eigenvalue weighted by molar-refractivity contribution is 6.93. The second-order valence-electron chi connectivity index (χ2n) is 19.9. The van der Waals surface area contributed by atoms with Gasteiger partial charge in [-0.15, -0.1) is 0 Å². The minimum absolute atomic E-state index is 0.0109. The average Bonchev–Trinajstić information content (AvgIpc) is 3.45. The molecule has 0 spiro atoms. The van der Waals surface area contributed by atoms with Gasteiger partial charge in [-0.2, -0.15) is 0 Å². The zero-order valence-corrected chi connectivity index (χ0v) is 36.6. The second kappa shape index (κ2) is 13.1.